The number of benzene rings is 2. The van der Waals surface area contributed by atoms with Crippen molar-refractivity contribution in [2.75, 3.05) is 13.2 Å². The summed E-state index contributed by atoms with van der Waals surface area (Å²) in [5.41, 5.74) is 3.04. The number of aliphatic imine (C=N–C) groups is 1. The fourth-order valence-electron chi connectivity index (χ4n) is 2.78. The lowest BCUT2D eigenvalue weighted by molar-refractivity contribution is 0.201. The van der Waals surface area contributed by atoms with Crippen molar-refractivity contribution < 1.29 is 9.84 Å². The number of rotatable bonds is 8. The monoisotopic (exact) mass is 389 g/mol. The van der Waals surface area contributed by atoms with E-state index in [4.69, 9.17) is 9.84 Å². The summed E-state index contributed by atoms with van der Waals surface area (Å²) in [5, 5.41) is 19.3. The first-order valence-electron chi connectivity index (χ1n) is 8.68. The van der Waals surface area contributed by atoms with Gasteiger partial charge in [0.15, 0.2) is 0 Å². The smallest absolute Gasteiger partial charge is 0.119 e. The Labute approximate surface area is 168 Å². The molecule has 0 fully saturated rings. The van der Waals surface area contributed by atoms with E-state index in [0.717, 1.165) is 26.6 Å². The van der Waals surface area contributed by atoms with Crippen LogP contribution in [0.1, 0.15) is 11.1 Å². The quantitative estimate of drug-likeness (QED) is 0.580. The van der Waals surface area contributed by atoms with Crippen LogP contribution < -0.4 is 4.74 Å². The van der Waals surface area contributed by atoms with Gasteiger partial charge in [0.05, 0.1) is 18.7 Å². The van der Waals surface area contributed by atoms with E-state index in [0.29, 0.717) is 17.9 Å². The fraction of sp³-hybridized carbons (Fsp3) is 0.136. The molecule has 0 aliphatic heterocycles. The summed E-state index contributed by atoms with van der Waals surface area (Å²) in [5.74, 6) is 0.660. The Morgan fingerprint density at radius 3 is 2.54 bits per heavy atom. The normalized spacial score (nSPS) is 10.3. The van der Waals surface area contributed by atoms with E-state index in [2.05, 4.69) is 22.8 Å². The van der Waals surface area contributed by atoms with Crippen LogP contribution >= 0.6 is 11.8 Å². The Bertz CT molecular complexity index is 983. The molecule has 5 nitrogen and oxygen atoms in total. The van der Waals surface area contributed by atoms with Crippen LogP contribution in [0.2, 0.25) is 0 Å². The molecule has 28 heavy (non-hydrogen) atoms. The summed E-state index contributed by atoms with van der Waals surface area (Å²) >= 11 is 1.54. The number of pyridine rings is 1. The number of aliphatic hydroxyl groups excluding tert-OH is 1. The topological polar surface area (TPSA) is 78.5 Å². The van der Waals surface area contributed by atoms with Crippen molar-refractivity contribution in [2.24, 2.45) is 4.99 Å². The second-order valence-electron chi connectivity index (χ2n) is 5.84. The summed E-state index contributed by atoms with van der Waals surface area (Å²) < 4.78 is 5.42. The van der Waals surface area contributed by atoms with Gasteiger partial charge in [0, 0.05) is 22.2 Å². The average Bonchev–Trinajstić information content (AvgIpc) is 2.74. The molecule has 0 saturated carbocycles. The minimum absolute atomic E-state index is 0.0418. The zero-order chi connectivity index (χ0) is 19.8. The van der Waals surface area contributed by atoms with Gasteiger partial charge in [-0.05, 0) is 36.5 Å². The molecule has 6 heteroatoms. The molecule has 0 unspecified atom stereocenters. The van der Waals surface area contributed by atoms with Gasteiger partial charge in [-0.1, -0.05) is 42.1 Å². The minimum Gasteiger partial charge on any atom is -0.491 e. The van der Waals surface area contributed by atoms with Crippen molar-refractivity contribution in [2.45, 2.75) is 16.5 Å². The summed E-state index contributed by atoms with van der Waals surface area (Å²) in [7, 11) is 0. The molecule has 0 aliphatic carbocycles. The van der Waals surface area contributed by atoms with Gasteiger partial charge < -0.3 is 9.84 Å². The molecule has 140 valence electrons. The lowest BCUT2D eigenvalue weighted by atomic mass is 9.97. The van der Waals surface area contributed by atoms with Crippen molar-refractivity contribution in [1.29, 1.82) is 5.26 Å². The number of nitriles is 1. The standard InChI is InChI=1S/C22H19N3O2S/c1-24-15-20-21(16-7-9-18(10-8-16)27-12-11-26)17(13-23)14-25-22(20)28-19-5-3-2-4-6-19/h2-10,14,26H,1,11-12,15H2. The molecule has 0 saturated heterocycles. The van der Waals surface area contributed by atoms with Crippen LogP contribution in [0.25, 0.3) is 11.1 Å². The van der Waals surface area contributed by atoms with Gasteiger partial charge in [-0.3, -0.25) is 4.99 Å². The van der Waals surface area contributed by atoms with Crippen molar-refractivity contribution in [1.82, 2.24) is 4.98 Å². The highest BCUT2D eigenvalue weighted by Crippen LogP contribution is 2.37. The molecule has 3 rings (SSSR count). The molecule has 1 N–H and O–H groups in total. The van der Waals surface area contributed by atoms with Gasteiger partial charge in [-0.15, -0.1) is 0 Å². The molecule has 0 amide bonds. The first kappa shape index (κ1) is 19.6. The minimum atomic E-state index is -0.0418. The van der Waals surface area contributed by atoms with E-state index in [1.54, 1.807) is 6.20 Å². The molecule has 3 aromatic rings. The molecule has 0 radical (unpaired) electrons. The third kappa shape index (κ3) is 4.58. The van der Waals surface area contributed by atoms with Gasteiger partial charge in [0.1, 0.15) is 23.5 Å². The molecule has 0 atom stereocenters. The Kier molecular flexibility index (Phi) is 6.79. The second kappa shape index (κ2) is 9.70. The van der Waals surface area contributed by atoms with Crippen LogP contribution in [0.4, 0.5) is 0 Å². The van der Waals surface area contributed by atoms with E-state index in [1.165, 1.54) is 11.8 Å². The number of aliphatic hydroxyl groups is 1. The lowest BCUT2D eigenvalue weighted by Gasteiger charge is -2.15. The summed E-state index contributed by atoms with van der Waals surface area (Å²) in [6, 6.07) is 19.6. The van der Waals surface area contributed by atoms with Crippen LogP contribution in [0, 0.1) is 11.3 Å². The number of hydrogen-bond donors (Lipinski definition) is 1. The highest BCUT2D eigenvalue weighted by atomic mass is 32.2. The molecule has 0 aliphatic rings. The number of nitrogens with zero attached hydrogens (tertiary/aromatic N) is 3. The molecule has 1 heterocycles. The van der Waals surface area contributed by atoms with Crippen LogP contribution in [-0.2, 0) is 6.54 Å². The molecule has 0 bridgehead atoms. The highest BCUT2D eigenvalue weighted by Gasteiger charge is 2.17. The maximum absolute atomic E-state index is 9.63. The predicted octanol–water partition coefficient (Wildman–Crippen LogP) is 4.34. The third-order valence-electron chi connectivity index (χ3n) is 3.99. The Hall–Kier alpha value is -3.14. The van der Waals surface area contributed by atoms with E-state index >= 15 is 0 Å². The van der Waals surface area contributed by atoms with E-state index in [9.17, 15) is 5.26 Å². The predicted molar refractivity (Wildman–Crippen MR) is 111 cm³/mol. The Morgan fingerprint density at radius 2 is 1.89 bits per heavy atom. The first-order chi connectivity index (χ1) is 13.8. The van der Waals surface area contributed by atoms with Crippen LogP contribution in [0.15, 0.2) is 75.7 Å². The Morgan fingerprint density at radius 1 is 1.14 bits per heavy atom. The van der Waals surface area contributed by atoms with Gasteiger partial charge in [-0.2, -0.15) is 5.26 Å². The van der Waals surface area contributed by atoms with Gasteiger partial charge in [0.2, 0.25) is 0 Å². The SMILES string of the molecule is C=NCc1c(Sc2ccccc2)ncc(C#N)c1-c1ccc(OCCO)cc1. The van der Waals surface area contributed by atoms with E-state index in [-0.39, 0.29) is 13.2 Å². The molecule has 1 aromatic heterocycles. The van der Waals surface area contributed by atoms with Crippen molar-refractivity contribution in [3.05, 3.63) is 71.9 Å². The van der Waals surface area contributed by atoms with E-state index < -0.39 is 0 Å². The summed E-state index contributed by atoms with van der Waals surface area (Å²) in [4.78, 5) is 9.63. The van der Waals surface area contributed by atoms with Crippen molar-refractivity contribution in [3.63, 3.8) is 0 Å². The first-order valence-corrected chi connectivity index (χ1v) is 9.50. The largest absolute Gasteiger partial charge is 0.491 e. The van der Waals surface area contributed by atoms with Crippen molar-refractivity contribution in [3.8, 4) is 22.9 Å². The fourth-order valence-corrected chi connectivity index (χ4v) is 3.69. The van der Waals surface area contributed by atoms with Gasteiger partial charge in [0.25, 0.3) is 0 Å². The summed E-state index contributed by atoms with van der Waals surface area (Å²) in [6.45, 7) is 4.18. The number of hydrogen-bond acceptors (Lipinski definition) is 6. The molecule has 2 aromatic carbocycles. The van der Waals surface area contributed by atoms with Crippen molar-refractivity contribution >= 4 is 18.5 Å². The number of ether oxygens (including phenoxy) is 1. The average molecular weight is 389 g/mol. The third-order valence-corrected chi connectivity index (χ3v) is 5.04. The highest BCUT2D eigenvalue weighted by molar-refractivity contribution is 7.99. The molecule has 0 spiro atoms. The van der Waals surface area contributed by atoms with Gasteiger partial charge >= 0.3 is 0 Å². The van der Waals surface area contributed by atoms with Crippen LogP contribution in [-0.4, -0.2) is 30.0 Å². The second-order valence-corrected chi connectivity index (χ2v) is 6.90. The zero-order valence-electron chi connectivity index (χ0n) is 15.2. The lowest BCUT2D eigenvalue weighted by Crippen LogP contribution is -2.02. The zero-order valence-corrected chi connectivity index (χ0v) is 16.0. The maximum Gasteiger partial charge on any atom is 0.119 e. The van der Waals surface area contributed by atoms with Crippen LogP contribution in [0.5, 0.6) is 5.75 Å². The summed E-state index contributed by atoms with van der Waals surface area (Å²) in [6.07, 6.45) is 1.60. The van der Waals surface area contributed by atoms with Crippen LogP contribution in [0.3, 0.4) is 0 Å². The van der Waals surface area contributed by atoms with E-state index in [1.807, 2.05) is 54.6 Å². The number of aromatic nitrogens is 1. The maximum atomic E-state index is 9.63. The molecular weight excluding hydrogens is 370 g/mol. The Balaban J connectivity index is 2.06. The van der Waals surface area contributed by atoms with Gasteiger partial charge in [-0.25, -0.2) is 4.98 Å². The molecular formula is C22H19N3O2S.